The Kier molecular flexibility index (Phi) is 3.91. The Bertz CT molecular complexity index is 767. The van der Waals surface area contributed by atoms with Crippen molar-refractivity contribution in [2.24, 2.45) is 0 Å². The molecule has 2 aliphatic heterocycles. The Hall–Kier alpha value is -1.94. The van der Waals surface area contributed by atoms with Crippen molar-refractivity contribution in [3.63, 3.8) is 0 Å². The Morgan fingerprint density at radius 2 is 1.46 bits per heavy atom. The number of carbonyl (C=O) groups excluding carboxylic acids is 2. The molecule has 24 heavy (non-hydrogen) atoms. The van der Waals surface area contributed by atoms with E-state index in [0.717, 1.165) is 21.3 Å². The van der Waals surface area contributed by atoms with Crippen LogP contribution in [-0.4, -0.2) is 48.6 Å². The van der Waals surface area contributed by atoms with Crippen molar-refractivity contribution in [1.82, 2.24) is 9.21 Å². The maximum absolute atomic E-state index is 12.5. The zero-order valence-electron chi connectivity index (χ0n) is 12.3. The molecule has 2 fully saturated rings. The molecule has 2 saturated heterocycles. The standard InChI is InChI=1S/C14H13F3N2O4S/c15-14(16,17)9-1-3-11(4-2-9)24(22,23)18-7-10(8-18)19-12(20)5-6-13(19)21/h1-4,10H,5-8H2. The van der Waals surface area contributed by atoms with Gasteiger partial charge in [-0.05, 0) is 24.3 Å². The van der Waals surface area contributed by atoms with Gasteiger partial charge in [0.25, 0.3) is 0 Å². The third-order valence-corrected chi connectivity index (χ3v) is 5.95. The van der Waals surface area contributed by atoms with Gasteiger partial charge in [0.2, 0.25) is 21.8 Å². The molecule has 0 aliphatic carbocycles. The van der Waals surface area contributed by atoms with Crippen LogP contribution >= 0.6 is 0 Å². The minimum absolute atomic E-state index is 0.0408. The van der Waals surface area contributed by atoms with E-state index in [1.165, 1.54) is 0 Å². The summed E-state index contributed by atoms with van der Waals surface area (Å²) in [5, 5.41) is 0. The van der Waals surface area contributed by atoms with Crippen molar-refractivity contribution in [3.05, 3.63) is 29.8 Å². The molecule has 0 radical (unpaired) electrons. The van der Waals surface area contributed by atoms with Gasteiger partial charge in [0.05, 0.1) is 16.5 Å². The predicted molar refractivity (Wildman–Crippen MR) is 75.1 cm³/mol. The van der Waals surface area contributed by atoms with Gasteiger partial charge in [-0.25, -0.2) is 8.42 Å². The molecule has 10 heteroatoms. The summed E-state index contributed by atoms with van der Waals surface area (Å²) in [6, 6.07) is 2.71. The van der Waals surface area contributed by atoms with Crippen LogP contribution in [0.25, 0.3) is 0 Å². The minimum Gasteiger partial charge on any atom is -0.277 e. The van der Waals surface area contributed by atoms with E-state index in [4.69, 9.17) is 0 Å². The maximum atomic E-state index is 12.5. The average Bonchev–Trinajstić information content (AvgIpc) is 2.77. The van der Waals surface area contributed by atoms with Crippen LogP contribution in [0.2, 0.25) is 0 Å². The second-order valence-corrected chi connectivity index (χ2v) is 7.59. The molecule has 2 aliphatic rings. The maximum Gasteiger partial charge on any atom is 0.416 e. The van der Waals surface area contributed by atoms with Crippen LogP contribution in [0, 0.1) is 0 Å². The molecule has 0 saturated carbocycles. The molecule has 1 aromatic carbocycles. The second-order valence-electron chi connectivity index (χ2n) is 5.66. The highest BCUT2D eigenvalue weighted by Gasteiger charge is 2.45. The zero-order chi connectivity index (χ0) is 17.7. The van der Waals surface area contributed by atoms with E-state index in [1.807, 2.05) is 0 Å². The van der Waals surface area contributed by atoms with Crippen molar-refractivity contribution in [3.8, 4) is 0 Å². The summed E-state index contributed by atoms with van der Waals surface area (Å²) in [7, 11) is -3.95. The van der Waals surface area contributed by atoms with E-state index in [9.17, 15) is 31.2 Å². The average molecular weight is 362 g/mol. The molecule has 0 atom stereocenters. The van der Waals surface area contributed by atoms with Crippen LogP contribution < -0.4 is 0 Å². The molecule has 1 aromatic rings. The van der Waals surface area contributed by atoms with Gasteiger partial charge in [-0.1, -0.05) is 0 Å². The largest absolute Gasteiger partial charge is 0.416 e. The molecule has 0 bridgehead atoms. The summed E-state index contributed by atoms with van der Waals surface area (Å²) in [6.45, 7) is -0.0817. The first kappa shape index (κ1) is 16.9. The van der Waals surface area contributed by atoms with Gasteiger partial charge in [-0.2, -0.15) is 17.5 Å². The van der Waals surface area contributed by atoms with Crippen molar-refractivity contribution >= 4 is 21.8 Å². The number of hydrogen-bond acceptors (Lipinski definition) is 4. The number of hydrogen-bond donors (Lipinski definition) is 0. The van der Waals surface area contributed by atoms with Crippen molar-refractivity contribution < 1.29 is 31.2 Å². The first-order valence-electron chi connectivity index (χ1n) is 7.13. The summed E-state index contributed by atoms with van der Waals surface area (Å²) in [4.78, 5) is 24.0. The fourth-order valence-corrected chi connectivity index (χ4v) is 4.26. The number of amides is 2. The molecule has 130 valence electrons. The monoisotopic (exact) mass is 362 g/mol. The normalized spacial score (nSPS) is 20.5. The van der Waals surface area contributed by atoms with E-state index >= 15 is 0 Å². The van der Waals surface area contributed by atoms with Gasteiger partial charge >= 0.3 is 6.18 Å². The lowest BCUT2D eigenvalue weighted by atomic mass is 10.1. The fourth-order valence-electron chi connectivity index (χ4n) is 2.74. The van der Waals surface area contributed by atoms with Gasteiger partial charge in [0.1, 0.15) is 0 Å². The van der Waals surface area contributed by atoms with Crippen molar-refractivity contribution in [2.75, 3.05) is 13.1 Å². The number of imide groups is 1. The minimum atomic E-state index is -4.54. The highest BCUT2D eigenvalue weighted by molar-refractivity contribution is 7.89. The number of sulfonamides is 1. The summed E-state index contributed by atoms with van der Waals surface area (Å²) in [6.07, 6.45) is -4.29. The van der Waals surface area contributed by atoms with E-state index < -0.39 is 27.8 Å². The fraction of sp³-hybridized carbons (Fsp3) is 0.429. The number of likely N-dealkylation sites (tertiary alicyclic amines) is 1. The number of benzene rings is 1. The van der Waals surface area contributed by atoms with Crippen LogP contribution in [0.15, 0.2) is 29.2 Å². The van der Waals surface area contributed by atoms with Crippen LogP contribution in [0.3, 0.4) is 0 Å². The highest BCUT2D eigenvalue weighted by Crippen LogP contribution is 2.31. The molecule has 2 amide bonds. The lowest BCUT2D eigenvalue weighted by Crippen LogP contribution is -2.62. The first-order chi connectivity index (χ1) is 11.1. The first-order valence-corrected chi connectivity index (χ1v) is 8.57. The summed E-state index contributed by atoms with van der Waals surface area (Å²) >= 11 is 0. The lowest BCUT2D eigenvalue weighted by molar-refractivity contribution is -0.143. The molecule has 2 heterocycles. The number of rotatable bonds is 3. The van der Waals surface area contributed by atoms with E-state index in [-0.39, 0.29) is 42.6 Å². The molecule has 3 rings (SSSR count). The van der Waals surface area contributed by atoms with Gasteiger partial charge < -0.3 is 0 Å². The third kappa shape index (κ3) is 2.80. The van der Waals surface area contributed by atoms with Crippen LogP contribution in [0.1, 0.15) is 18.4 Å². The molecule has 0 unspecified atom stereocenters. The Labute approximate surface area is 135 Å². The van der Waals surface area contributed by atoms with E-state index in [0.29, 0.717) is 12.1 Å². The second kappa shape index (κ2) is 5.55. The van der Waals surface area contributed by atoms with Gasteiger partial charge in [-0.15, -0.1) is 0 Å². The smallest absolute Gasteiger partial charge is 0.277 e. The molecular weight excluding hydrogens is 349 g/mol. The van der Waals surface area contributed by atoms with Gasteiger partial charge in [-0.3, -0.25) is 14.5 Å². The Morgan fingerprint density at radius 3 is 1.92 bits per heavy atom. The molecule has 0 N–H and O–H groups in total. The number of carbonyl (C=O) groups is 2. The predicted octanol–water partition coefficient (Wildman–Crippen LogP) is 1.23. The summed E-state index contributed by atoms with van der Waals surface area (Å²) in [5.41, 5.74) is -0.934. The topological polar surface area (TPSA) is 74.8 Å². The Morgan fingerprint density at radius 1 is 0.958 bits per heavy atom. The number of halogens is 3. The van der Waals surface area contributed by atoms with E-state index in [2.05, 4.69) is 0 Å². The van der Waals surface area contributed by atoms with E-state index in [1.54, 1.807) is 0 Å². The van der Waals surface area contributed by atoms with Gasteiger partial charge in [0.15, 0.2) is 0 Å². The number of nitrogens with zero attached hydrogens (tertiary/aromatic N) is 2. The highest BCUT2D eigenvalue weighted by atomic mass is 32.2. The van der Waals surface area contributed by atoms with Crippen molar-refractivity contribution in [2.45, 2.75) is 30.0 Å². The summed E-state index contributed by atoms with van der Waals surface area (Å²) in [5.74, 6) is -0.645. The van der Waals surface area contributed by atoms with Crippen LogP contribution in [0.5, 0.6) is 0 Å². The van der Waals surface area contributed by atoms with Crippen molar-refractivity contribution in [1.29, 1.82) is 0 Å². The van der Waals surface area contributed by atoms with Crippen LogP contribution in [-0.2, 0) is 25.8 Å². The molecular formula is C14H13F3N2O4S. The molecule has 0 spiro atoms. The number of alkyl halides is 3. The lowest BCUT2D eigenvalue weighted by Gasteiger charge is -2.41. The quantitative estimate of drug-likeness (QED) is 0.758. The zero-order valence-corrected chi connectivity index (χ0v) is 13.1. The Balaban J connectivity index is 1.72. The van der Waals surface area contributed by atoms with Gasteiger partial charge in [0, 0.05) is 25.9 Å². The summed E-state index contributed by atoms with van der Waals surface area (Å²) < 4.78 is 63.3. The third-order valence-electron chi connectivity index (χ3n) is 4.10. The molecule has 0 aromatic heterocycles. The SMILES string of the molecule is O=C1CCC(=O)N1C1CN(S(=O)(=O)c2ccc(C(F)(F)F)cc2)C1. The van der Waals surface area contributed by atoms with Crippen LogP contribution in [0.4, 0.5) is 13.2 Å². The molecule has 6 nitrogen and oxygen atoms in total.